The van der Waals surface area contributed by atoms with Crippen LogP contribution in [0, 0.1) is 5.82 Å². The van der Waals surface area contributed by atoms with E-state index < -0.39 is 0 Å². The smallest absolute Gasteiger partial charge is 0.315 e. The molecule has 2 amide bonds. The molecule has 0 saturated carbocycles. The number of anilines is 1. The van der Waals surface area contributed by atoms with Gasteiger partial charge >= 0.3 is 6.03 Å². The Morgan fingerprint density at radius 3 is 2.59 bits per heavy atom. The second kappa shape index (κ2) is 10.6. The van der Waals surface area contributed by atoms with Gasteiger partial charge in [0.05, 0.1) is 7.11 Å². The zero-order valence-electron chi connectivity index (χ0n) is 18.5. The summed E-state index contributed by atoms with van der Waals surface area (Å²) in [4.78, 5) is 25.6. The van der Waals surface area contributed by atoms with Crippen LogP contribution in [-0.4, -0.2) is 66.3 Å². The van der Waals surface area contributed by atoms with E-state index in [-0.39, 0.29) is 29.7 Å². The molecule has 1 aromatic heterocycles. The monoisotopic (exact) mass is 442 g/mol. The molecule has 3 heterocycles. The maximum atomic E-state index is 13.9. The fourth-order valence-corrected chi connectivity index (χ4v) is 4.45. The molecule has 2 aliphatic rings. The van der Waals surface area contributed by atoms with E-state index in [2.05, 4.69) is 30.4 Å². The number of carbonyl (C=O) groups is 1. The number of rotatable bonds is 6. The Labute approximate surface area is 188 Å². The minimum Gasteiger partial charge on any atom is -0.494 e. The van der Waals surface area contributed by atoms with Gasteiger partial charge in [-0.05, 0) is 49.4 Å². The van der Waals surface area contributed by atoms with Crippen molar-refractivity contribution in [2.45, 2.75) is 44.3 Å². The van der Waals surface area contributed by atoms with Gasteiger partial charge in [0.2, 0.25) is 5.95 Å². The highest BCUT2D eigenvalue weighted by Crippen LogP contribution is 2.20. The fourth-order valence-electron chi connectivity index (χ4n) is 4.45. The second-order valence-corrected chi connectivity index (χ2v) is 8.47. The second-order valence-electron chi connectivity index (χ2n) is 8.47. The van der Waals surface area contributed by atoms with E-state index in [1.54, 1.807) is 24.5 Å². The van der Waals surface area contributed by atoms with Crippen LogP contribution in [0.3, 0.4) is 0 Å². The van der Waals surface area contributed by atoms with Crippen LogP contribution < -0.4 is 20.3 Å². The summed E-state index contributed by atoms with van der Waals surface area (Å²) in [7, 11) is 1.47. The van der Waals surface area contributed by atoms with Crippen LogP contribution in [0.1, 0.15) is 31.2 Å². The minimum absolute atomic E-state index is 0.0811. The summed E-state index contributed by atoms with van der Waals surface area (Å²) < 4.78 is 18.9. The molecule has 2 aliphatic heterocycles. The highest BCUT2D eigenvalue weighted by atomic mass is 19.1. The van der Waals surface area contributed by atoms with Crippen molar-refractivity contribution in [2.75, 3.05) is 38.2 Å². The molecule has 2 N–H and O–H groups in total. The Morgan fingerprint density at radius 2 is 1.88 bits per heavy atom. The number of piperidine rings is 2. The normalized spacial score (nSPS) is 20.1. The van der Waals surface area contributed by atoms with Crippen LogP contribution in [0.4, 0.5) is 15.1 Å². The predicted molar refractivity (Wildman–Crippen MR) is 120 cm³/mol. The van der Waals surface area contributed by atoms with Gasteiger partial charge in [0.25, 0.3) is 0 Å². The number of urea groups is 1. The summed E-state index contributed by atoms with van der Waals surface area (Å²) in [6, 6.07) is 7.02. The highest BCUT2D eigenvalue weighted by Gasteiger charge is 2.25. The summed E-state index contributed by atoms with van der Waals surface area (Å²) in [6.07, 6.45) is 7.18. The first kappa shape index (κ1) is 22.3. The van der Waals surface area contributed by atoms with Gasteiger partial charge in [0.15, 0.2) is 11.6 Å². The van der Waals surface area contributed by atoms with E-state index in [1.165, 1.54) is 13.2 Å². The SMILES string of the molecule is COc1ccc(CN2CCC(NC(=O)NC3CCCN(c4ncccn4)C3)CC2)cc1F. The number of benzene rings is 1. The van der Waals surface area contributed by atoms with E-state index in [0.717, 1.165) is 50.9 Å². The molecule has 172 valence electrons. The van der Waals surface area contributed by atoms with Gasteiger partial charge in [-0.1, -0.05) is 6.07 Å². The first-order valence-corrected chi connectivity index (χ1v) is 11.2. The van der Waals surface area contributed by atoms with Crippen molar-refractivity contribution in [3.8, 4) is 5.75 Å². The molecular weight excluding hydrogens is 411 g/mol. The van der Waals surface area contributed by atoms with Gasteiger partial charge in [-0.15, -0.1) is 0 Å². The number of aromatic nitrogens is 2. The van der Waals surface area contributed by atoms with Crippen molar-refractivity contribution in [1.82, 2.24) is 25.5 Å². The van der Waals surface area contributed by atoms with Crippen molar-refractivity contribution in [1.29, 1.82) is 0 Å². The molecular formula is C23H31FN6O2. The van der Waals surface area contributed by atoms with Crippen molar-refractivity contribution in [3.05, 3.63) is 48.0 Å². The van der Waals surface area contributed by atoms with Crippen LogP contribution in [0.25, 0.3) is 0 Å². The first-order valence-electron chi connectivity index (χ1n) is 11.2. The van der Waals surface area contributed by atoms with Crippen LogP contribution in [0.5, 0.6) is 5.75 Å². The molecule has 8 nitrogen and oxygen atoms in total. The minimum atomic E-state index is -0.335. The summed E-state index contributed by atoms with van der Waals surface area (Å²) >= 11 is 0. The van der Waals surface area contributed by atoms with E-state index >= 15 is 0 Å². The maximum Gasteiger partial charge on any atom is 0.315 e. The molecule has 2 aromatic rings. The number of carbonyl (C=O) groups excluding carboxylic acids is 1. The van der Waals surface area contributed by atoms with Crippen molar-refractivity contribution in [3.63, 3.8) is 0 Å². The van der Waals surface area contributed by atoms with Gasteiger partial charge in [-0.3, -0.25) is 4.90 Å². The Kier molecular flexibility index (Phi) is 7.36. The average molecular weight is 443 g/mol. The van der Waals surface area contributed by atoms with Gasteiger partial charge in [-0.25, -0.2) is 19.2 Å². The zero-order chi connectivity index (χ0) is 22.3. The zero-order valence-corrected chi connectivity index (χ0v) is 18.5. The molecule has 0 bridgehead atoms. The van der Waals surface area contributed by atoms with E-state index in [0.29, 0.717) is 19.0 Å². The van der Waals surface area contributed by atoms with Crippen LogP contribution in [-0.2, 0) is 6.54 Å². The Balaban J connectivity index is 1.19. The Hall–Kier alpha value is -2.94. The molecule has 2 fully saturated rings. The van der Waals surface area contributed by atoms with Crippen LogP contribution in [0.15, 0.2) is 36.7 Å². The lowest BCUT2D eigenvalue weighted by Gasteiger charge is -2.35. The lowest BCUT2D eigenvalue weighted by molar-refractivity contribution is 0.185. The quantitative estimate of drug-likeness (QED) is 0.716. The number of nitrogens with zero attached hydrogens (tertiary/aromatic N) is 4. The average Bonchev–Trinajstić information content (AvgIpc) is 2.81. The Morgan fingerprint density at radius 1 is 1.12 bits per heavy atom. The van der Waals surface area contributed by atoms with E-state index in [9.17, 15) is 9.18 Å². The van der Waals surface area contributed by atoms with Gasteiger partial charge in [0, 0.05) is 57.2 Å². The molecule has 2 saturated heterocycles. The van der Waals surface area contributed by atoms with Crippen molar-refractivity contribution < 1.29 is 13.9 Å². The first-order chi connectivity index (χ1) is 15.6. The third kappa shape index (κ3) is 5.85. The molecule has 32 heavy (non-hydrogen) atoms. The third-order valence-electron chi connectivity index (χ3n) is 6.14. The number of halogens is 1. The van der Waals surface area contributed by atoms with Crippen molar-refractivity contribution in [2.24, 2.45) is 0 Å². The van der Waals surface area contributed by atoms with Gasteiger partial charge in [-0.2, -0.15) is 0 Å². The molecule has 1 atom stereocenters. The Bertz CT molecular complexity index is 891. The number of likely N-dealkylation sites (tertiary alicyclic amines) is 1. The van der Waals surface area contributed by atoms with E-state index in [4.69, 9.17) is 4.74 Å². The number of methoxy groups -OCH3 is 1. The summed E-state index contributed by atoms with van der Waals surface area (Å²) in [6.45, 7) is 4.04. The number of hydrogen-bond donors (Lipinski definition) is 2. The fraction of sp³-hybridized carbons (Fsp3) is 0.522. The molecule has 0 spiro atoms. The molecule has 0 radical (unpaired) electrons. The van der Waals surface area contributed by atoms with Crippen molar-refractivity contribution >= 4 is 12.0 Å². The molecule has 4 rings (SSSR count). The third-order valence-corrected chi connectivity index (χ3v) is 6.14. The van der Waals surface area contributed by atoms with E-state index in [1.807, 2.05) is 6.07 Å². The lowest BCUT2D eigenvalue weighted by Crippen LogP contribution is -2.54. The maximum absolute atomic E-state index is 13.9. The molecule has 9 heteroatoms. The molecule has 0 aliphatic carbocycles. The standard InChI is InChI=1S/C23H31FN6O2/c1-32-21-6-5-17(14-20(21)24)15-29-12-7-18(8-13-29)27-23(31)28-19-4-2-11-30(16-19)22-25-9-3-10-26-22/h3,5-6,9-10,14,18-19H,2,4,7-8,11-13,15-16H2,1H3,(H2,27,28,31). The van der Waals surface area contributed by atoms with Crippen LogP contribution in [0.2, 0.25) is 0 Å². The lowest BCUT2D eigenvalue weighted by atomic mass is 10.0. The summed E-state index contributed by atoms with van der Waals surface area (Å²) in [5.41, 5.74) is 0.928. The number of amides is 2. The summed E-state index contributed by atoms with van der Waals surface area (Å²) in [5.74, 6) is 0.641. The highest BCUT2D eigenvalue weighted by molar-refractivity contribution is 5.74. The predicted octanol–water partition coefficient (Wildman–Crippen LogP) is 2.56. The summed E-state index contributed by atoms with van der Waals surface area (Å²) in [5, 5.41) is 6.25. The van der Waals surface area contributed by atoms with Gasteiger partial charge in [0.1, 0.15) is 0 Å². The topological polar surface area (TPSA) is 82.6 Å². The van der Waals surface area contributed by atoms with Crippen LogP contribution >= 0.6 is 0 Å². The number of ether oxygens (including phenoxy) is 1. The largest absolute Gasteiger partial charge is 0.494 e. The molecule has 1 unspecified atom stereocenters. The number of hydrogen-bond acceptors (Lipinski definition) is 6. The molecule has 1 aromatic carbocycles. The number of nitrogens with one attached hydrogen (secondary N) is 2. The van der Waals surface area contributed by atoms with Gasteiger partial charge < -0.3 is 20.3 Å².